The van der Waals surface area contributed by atoms with Crippen LogP contribution in [-0.4, -0.2) is 23.5 Å². The summed E-state index contributed by atoms with van der Waals surface area (Å²) in [6.07, 6.45) is 0. The van der Waals surface area contributed by atoms with Crippen LogP contribution in [0, 0.1) is 0 Å². The zero-order valence-electron chi connectivity index (χ0n) is 13.7. The minimum atomic E-state index is -0.310. The standard InChI is InChI=1S/C18H16N2O3S2/c1-3-24-16-15(14-5-4-10-25-14)17(22)20(18(16)23)13-8-6-12(7-9-13)19-11(2)21/h4-10H,3H2,1-2H3,(H,19,21). The normalized spacial score (nSPS) is 14.4. The molecule has 2 aromatic rings. The molecule has 1 N–H and O–H groups in total. The number of nitrogens with zero attached hydrogens (tertiary/aromatic N) is 1. The first-order chi connectivity index (χ1) is 12.0. The number of imide groups is 1. The van der Waals surface area contributed by atoms with Crippen molar-refractivity contribution in [2.45, 2.75) is 13.8 Å². The van der Waals surface area contributed by atoms with Crippen molar-refractivity contribution in [3.05, 3.63) is 51.6 Å². The fraction of sp³-hybridized carbons (Fsp3) is 0.167. The van der Waals surface area contributed by atoms with Crippen molar-refractivity contribution < 1.29 is 14.4 Å². The van der Waals surface area contributed by atoms with Gasteiger partial charge in [0.05, 0.1) is 16.2 Å². The summed E-state index contributed by atoms with van der Waals surface area (Å²) in [5.74, 6) is -0.0778. The molecular weight excluding hydrogens is 356 g/mol. The maximum absolute atomic E-state index is 12.9. The quantitative estimate of drug-likeness (QED) is 0.812. The number of hydrogen-bond donors (Lipinski definition) is 1. The Labute approximate surface area is 153 Å². The SMILES string of the molecule is CCSC1=C(c2cccs2)C(=O)N(c2ccc(NC(C)=O)cc2)C1=O. The van der Waals surface area contributed by atoms with Gasteiger partial charge in [-0.3, -0.25) is 14.4 Å². The Bertz CT molecular complexity index is 855. The molecule has 3 amide bonds. The van der Waals surface area contributed by atoms with Crippen LogP contribution in [-0.2, 0) is 14.4 Å². The Morgan fingerprint density at radius 3 is 2.44 bits per heavy atom. The van der Waals surface area contributed by atoms with Crippen LogP contribution in [0.2, 0.25) is 0 Å². The maximum atomic E-state index is 12.9. The lowest BCUT2D eigenvalue weighted by molar-refractivity contribution is -0.120. The van der Waals surface area contributed by atoms with Gasteiger partial charge in [0.2, 0.25) is 5.91 Å². The average molecular weight is 372 g/mol. The van der Waals surface area contributed by atoms with E-state index in [2.05, 4.69) is 5.32 Å². The molecule has 1 aromatic carbocycles. The second-order valence-corrected chi connectivity index (χ2v) is 7.51. The van der Waals surface area contributed by atoms with Crippen molar-refractivity contribution >= 4 is 57.8 Å². The van der Waals surface area contributed by atoms with Gasteiger partial charge in [0.15, 0.2) is 0 Å². The smallest absolute Gasteiger partial charge is 0.272 e. The molecule has 7 heteroatoms. The molecule has 0 fully saturated rings. The van der Waals surface area contributed by atoms with Gasteiger partial charge in [-0.2, -0.15) is 0 Å². The van der Waals surface area contributed by atoms with Crippen molar-refractivity contribution in [2.75, 3.05) is 16.0 Å². The Morgan fingerprint density at radius 1 is 1.16 bits per heavy atom. The van der Waals surface area contributed by atoms with E-state index in [1.54, 1.807) is 24.3 Å². The van der Waals surface area contributed by atoms with E-state index in [1.165, 1.54) is 34.9 Å². The molecular formula is C18H16N2O3S2. The van der Waals surface area contributed by atoms with Crippen molar-refractivity contribution in [1.82, 2.24) is 0 Å². The van der Waals surface area contributed by atoms with Gasteiger partial charge in [0.1, 0.15) is 0 Å². The number of hydrogen-bond acceptors (Lipinski definition) is 5. The molecule has 0 bridgehead atoms. The molecule has 128 valence electrons. The summed E-state index contributed by atoms with van der Waals surface area (Å²) in [7, 11) is 0. The van der Waals surface area contributed by atoms with Crippen LogP contribution < -0.4 is 10.2 Å². The number of carbonyl (C=O) groups is 3. The van der Waals surface area contributed by atoms with Gasteiger partial charge < -0.3 is 5.32 Å². The largest absolute Gasteiger partial charge is 0.326 e. The summed E-state index contributed by atoms with van der Waals surface area (Å²) in [6.45, 7) is 3.37. The number of carbonyl (C=O) groups excluding carboxylic acids is 3. The van der Waals surface area contributed by atoms with Crippen LogP contribution in [0.1, 0.15) is 18.7 Å². The average Bonchev–Trinajstić information content (AvgIpc) is 3.16. The van der Waals surface area contributed by atoms with Crippen LogP contribution in [0.25, 0.3) is 5.57 Å². The molecule has 0 saturated carbocycles. The van der Waals surface area contributed by atoms with Crippen LogP contribution in [0.4, 0.5) is 11.4 Å². The predicted octanol–water partition coefficient (Wildman–Crippen LogP) is 3.74. The van der Waals surface area contributed by atoms with Crippen LogP contribution in [0.3, 0.4) is 0 Å². The molecule has 0 spiro atoms. The minimum absolute atomic E-state index is 0.177. The fourth-order valence-electron chi connectivity index (χ4n) is 2.56. The lowest BCUT2D eigenvalue weighted by Crippen LogP contribution is -2.31. The number of thiophene rings is 1. The van der Waals surface area contributed by atoms with Gasteiger partial charge in [-0.05, 0) is 41.5 Å². The first kappa shape index (κ1) is 17.4. The molecule has 0 aliphatic carbocycles. The summed E-state index contributed by atoms with van der Waals surface area (Å²) in [5.41, 5.74) is 1.58. The Balaban J connectivity index is 1.95. The monoisotopic (exact) mass is 372 g/mol. The zero-order valence-corrected chi connectivity index (χ0v) is 15.4. The Morgan fingerprint density at radius 2 is 1.88 bits per heavy atom. The van der Waals surface area contributed by atoms with Gasteiger partial charge >= 0.3 is 0 Å². The summed E-state index contributed by atoms with van der Waals surface area (Å²) in [6, 6.07) is 10.4. The fourth-order valence-corrected chi connectivity index (χ4v) is 4.24. The summed E-state index contributed by atoms with van der Waals surface area (Å²) in [4.78, 5) is 39.4. The molecule has 0 saturated heterocycles. The van der Waals surface area contributed by atoms with E-state index in [9.17, 15) is 14.4 Å². The summed E-state index contributed by atoms with van der Waals surface area (Å²) < 4.78 is 0. The van der Waals surface area contributed by atoms with E-state index >= 15 is 0 Å². The van der Waals surface area contributed by atoms with E-state index in [-0.39, 0.29) is 17.7 Å². The second-order valence-electron chi connectivity index (χ2n) is 5.29. The number of rotatable bonds is 5. The zero-order chi connectivity index (χ0) is 18.0. The molecule has 0 atom stereocenters. The molecule has 5 nitrogen and oxygen atoms in total. The molecule has 2 heterocycles. The highest BCUT2D eigenvalue weighted by Gasteiger charge is 2.40. The van der Waals surface area contributed by atoms with Crippen LogP contribution in [0.15, 0.2) is 46.7 Å². The van der Waals surface area contributed by atoms with Crippen molar-refractivity contribution in [2.24, 2.45) is 0 Å². The first-order valence-electron chi connectivity index (χ1n) is 7.70. The predicted molar refractivity (Wildman–Crippen MR) is 103 cm³/mol. The van der Waals surface area contributed by atoms with E-state index in [0.717, 1.165) is 4.88 Å². The Kier molecular flexibility index (Phi) is 5.06. The Hall–Kier alpha value is -2.38. The first-order valence-corrected chi connectivity index (χ1v) is 9.56. The van der Waals surface area contributed by atoms with Crippen molar-refractivity contribution in [3.8, 4) is 0 Å². The third-order valence-electron chi connectivity index (χ3n) is 3.54. The maximum Gasteiger partial charge on any atom is 0.272 e. The molecule has 1 aliphatic heterocycles. The lowest BCUT2D eigenvalue weighted by atomic mass is 10.2. The number of nitrogens with one attached hydrogen (secondary N) is 1. The van der Waals surface area contributed by atoms with E-state index in [0.29, 0.717) is 27.6 Å². The van der Waals surface area contributed by atoms with Crippen molar-refractivity contribution in [1.29, 1.82) is 0 Å². The van der Waals surface area contributed by atoms with Crippen LogP contribution >= 0.6 is 23.1 Å². The van der Waals surface area contributed by atoms with Gasteiger partial charge in [-0.25, -0.2) is 4.90 Å². The summed E-state index contributed by atoms with van der Waals surface area (Å²) in [5, 5.41) is 4.55. The summed E-state index contributed by atoms with van der Waals surface area (Å²) >= 11 is 2.83. The van der Waals surface area contributed by atoms with Crippen molar-refractivity contribution in [3.63, 3.8) is 0 Å². The van der Waals surface area contributed by atoms with E-state index in [1.807, 2.05) is 24.4 Å². The highest BCUT2D eigenvalue weighted by molar-refractivity contribution is 8.04. The molecule has 1 aromatic heterocycles. The molecule has 0 unspecified atom stereocenters. The minimum Gasteiger partial charge on any atom is -0.326 e. The van der Waals surface area contributed by atoms with Gasteiger partial charge in [-0.15, -0.1) is 23.1 Å². The van der Waals surface area contributed by atoms with Gasteiger partial charge in [0, 0.05) is 17.5 Å². The third kappa shape index (κ3) is 3.38. The van der Waals surface area contributed by atoms with E-state index in [4.69, 9.17) is 0 Å². The van der Waals surface area contributed by atoms with Gasteiger partial charge in [-0.1, -0.05) is 13.0 Å². The lowest BCUT2D eigenvalue weighted by Gasteiger charge is -2.15. The topological polar surface area (TPSA) is 66.5 Å². The number of benzene rings is 1. The third-order valence-corrected chi connectivity index (χ3v) is 5.39. The molecule has 1 aliphatic rings. The van der Waals surface area contributed by atoms with Gasteiger partial charge in [0.25, 0.3) is 11.8 Å². The number of amides is 3. The highest BCUT2D eigenvalue weighted by Crippen LogP contribution is 2.39. The molecule has 3 rings (SSSR count). The highest BCUT2D eigenvalue weighted by atomic mass is 32.2. The second kappa shape index (κ2) is 7.25. The molecule has 0 radical (unpaired) electrons. The number of anilines is 2. The molecule has 25 heavy (non-hydrogen) atoms. The van der Waals surface area contributed by atoms with Crippen LogP contribution in [0.5, 0.6) is 0 Å². The number of thioether (sulfide) groups is 1. The van der Waals surface area contributed by atoms with E-state index < -0.39 is 0 Å².